The summed E-state index contributed by atoms with van der Waals surface area (Å²) in [5, 5.41) is 9.38. The molecule has 0 aromatic heterocycles. The van der Waals surface area contributed by atoms with E-state index in [9.17, 15) is 5.26 Å². The number of nitriles is 1. The van der Waals surface area contributed by atoms with E-state index in [0.717, 1.165) is 16.9 Å². The molecule has 3 nitrogen and oxygen atoms in total. The minimum Gasteiger partial charge on any atom is -0.440 e. The van der Waals surface area contributed by atoms with Gasteiger partial charge in [-0.15, -0.1) is 6.58 Å². The lowest BCUT2D eigenvalue weighted by atomic mass is 9.70. The van der Waals surface area contributed by atoms with Gasteiger partial charge in [-0.2, -0.15) is 5.26 Å². The zero-order chi connectivity index (χ0) is 14.2. The van der Waals surface area contributed by atoms with Crippen molar-refractivity contribution >= 4 is 0 Å². The molecule has 19 heavy (non-hydrogen) atoms. The van der Waals surface area contributed by atoms with Crippen molar-refractivity contribution in [1.29, 1.82) is 5.26 Å². The standard InChI is InChI=1S/C16H18N2O/c1-5-16(3,4)13-11-8-6-7-10(2)14(11)19-15(18)12(13)9-17/h5-8,13H,1,18H2,2-4H3. The zero-order valence-electron chi connectivity index (χ0n) is 11.5. The van der Waals surface area contributed by atoms with Gasteiger partial charge in [-0.25, -0.2) is 0 Å². The molecule has 1 aliphatic heterocycles. The van der Waals surface area contributed by atoms with Gasteiger partial charge in [0.25, 0.3) is 0 Å². The number of para-hydroxylation sites is 1. The number of allylic oxidation sites excluding steroid dienone is 2. The first-order valence-corrected chi connectivity index (χ1v) is 6.23. The van der Waals surface area contributed by atoms with E-state index in [1.54, 1.807) is 0 Å². The summed E-state index contributed by atoms with van der Waals surface area (Å²) in [6, 6.07) is 8.12. The molecule has 1 heterocycles. The fourth-order valence-corrected chi connectivity index (χ4v) is 2.51. The van der Waals surface area contributed by atoms with E-state index >= 15 is 0 Å². The largest absolute Gasteiger partial charge is 0.440 e. The Morgan fingerprint density at radius 1 is 1.47 bits per heavy atom. The molecule has 1 unspecified atom stereocenters. The number of rotatable bonds is 2. The number of ether oxygens (including phenoxy) is 1. The molecule has 1 aromatic carbocycles. The molecule has 0 amide bonds. The summed E-state index contributed by atoms with van der Waals surface area (Å²) in [6.45, 7) is 9.95. The summed E-state index contributed by atoms with van der Waals surface area (Å²) >= 11 is 0. The van der Waals surface area contributed by atoms with Crippen LogP contribution in [0.2, 0.25) is 0 Å². The summed E-state index contributed by atoms with van der Waals surface area (Å²) in [5.41, 5.74) is 8.13. The fraction of sp³-hybridized carbons (Fsp3) is 0.312. The Balaban J connectivity index is 2.73. The van der Waals surface area contributed by atoms with E-state index in [4.69, 9.17) is 10.5 Å². The lowest BCUT2D eigenvalue weighted by Crippen LogP contribution is -2.29. The van der Waals surface area contributed by atoms with Gasteiger partial charge in [0, 0.05) is 11.5 Å². The Kier molecular flexibility index (Phi) is 3.11. The van der Waals surface area contributed by atoms with Crippen molar-refractivity contribution in [1.82, 2.24) is 0 Å². The average molecular weight is 254 g/mol. The maximum atomic E-state index is 9.38. The summed E-state index contributed by atoms with van der Waals surface area (Å²) in [6.07, 6.45) is 1.86. The van der Waals surface area contributed by atoms with Gasteiger partial charge in [0.1, 0.15) is 11.8 Å². The van der Waals surface area contributed by atoms with Gasteiger partial charge in [0.2, 0.25) is 5.88 Å². The van der Waals surface area contributed by atoms with Crippen LogP contribution in [0.4, 0.5) is 0 Å². The topological polar surface area (TPSA) is 59.0 Å². The molecule has 1 atom stereocenters. The predicted octanol–water partition coefficient (Wildman–Crippen LogP) is 3.38. The van der Waals surface area contributed by atoms with Crippen molar-refractivity contribution in [2.45, 2.75) is 26.7 Å². The van der Waals surface area contributed by atoms with E-state index in [0.29, 0.717) is 5.57 Å². The first-order valence-electron chi connectivity index (χ1n) is 6.23. The minimum absolute atomic E-state index is 0.126. The van der Waals surface area contributed by atoms with Crippen molar-refractivity contribution in [2.75, 3.05) is 0 Å². The van der Waals surface area contributed by atoms with Crippen LogP contribution in [0.15, 0.2) is 42.3 Å². The Bertz CT molecular complexity index is 606. The highest BCUT2D eigenvalue weighted by atomic mass is 16.5. The van der Waals surface area contributed by atoms with Crippen LogP contribution in [0.3, 0.4) is 0 Å². The number of aryl methyl sites for hydroxylation is 1. The molecule has 1 aliphatic rings. The predicted molar refractivity (Wildman–Crippen MR) is 75.4 cm³/mol. The lowest BCUT2D eigenvalue weighted by Gasteiger charge is -2.36. The molecule has 1 aromatic rings. The highest BCUT2D eigenvalue weighted by molar-refractivity contribution is 5.54. The number of hydrogen-bond donors (Lipinski definition) is 1. The van der Waals surface area contributed by atoms with Crippen LogP contribution in [0.5, 0.6) is 5.75 Å². The monoisotopic (exact) mass is 254 g/mol. The molecular weight excluding hydrogens is 236 g/mol. The second-order valence-corrected chi connectivity index (χ2v) is 5.44. The highest BCUT2D eigenvalue weighted by Crippen LogP contribution is 2.49. The molecule has 0 saturated heterocycles. The van der Waals surface area contributed by atoms with E-state index in [2.05, 4.69) is 12.6 Å². The molecule has 0 fully saturated rings. The molecule has 0 spiro atoms. The maximum absolute atomic E-state index is 9.38. The number of nitrogens with zero attached hydrogens (tertiary/aromatic N) is 1. The third-order valence-electron chi connectivity index (χ3n) is 3.71. The average Bonchev–Trinajstić information content (AvgIpc) is 2.38. The third-order valence-corrected chi connectivity index (χ3v) is 3.71. The first-order chi connectivity index (χ1) is 8.92. The van der Waals surface area contributed by atoms with E-state index in [-0.39, 0.29) is 17.2 Å². The Morgan fingerprint density at radius 3 is 2.74 bits per heavy atom. The van der Waals surface area contributed by atoms with Gasteiger partial charge < -0.3 is 10.5 Å². The molecule has 0 radical (unpaired) electrons. The van der Waals surface area contributed by atoms with Gasteiger partial charge in [0.05, 0.1) is 5.57 Å². The van der Waals surface area contributed by atoms with Crippen LogP contribution in [-0.2, 0) is 0 Å². The van der Waals surface area contributed by atoms with Crippen LogP contribution in [0.1, 0.15) is 30.9 Å². The first kappa shape index (κ1) is 13.2. The number of fused-ring (bicyclic) bond motifs is 1. The van der Waals surface area contributed by atoms with Crippen molar-refractivity contribution in [3.8, 4) is 11.8 Å². The molecule has 0 bridgehead atoms. The molecule has 0 aliphatic carbocycles. The zero-order valence-corrected chi connectivity index (χ0v) is 11.5. The van der Waals surface area contributed by atoms with Crippen LogP contribution in [0, 0.1) is 23.7 Å². The summed E-state index contributed by atoms with van der Waals surface area (Å²) in [4.78, 5) is 0. The normalized spacial score (nSPS) is 18.3. The Hall–Kier alpha value is -2.21. The number of benzene rings is 1. The number of nitrogens with two attached hydrogens (primary N) is 1. The van der Waals surface area contributed by atoms with E-state index in [1.165, 1.54) is 0 Å². The van der Waals surface area contributed by atoms with Crippen molar-refractivity contribution in [2.24, 2.45) is 11.1 Å². The van der Waals surface area contributed by atoms with Crippen molar-refractivity contribution in [3.05, 3.63) is 53.4 Å². The smallest absolute Gasteiger partial charge is 0.205 e. The van der Waals surface area contributed by atoms with Crippen molar-refractivity contribution < 1.29 is 4.74 Å². The second kappa shape index (κ2) is 4.47. The van der Waals surface area contributed by atoms with E-state index < -0.39 is 0 Å². The Morgan fingerprint density at radius 2 is 2.16 bits per heavy atom. The summed E-state index contributed by atoms with van der Waals surface area (Å²) in [5.74, 6) is 0.835. The lowest BCUT2D eigenvalue weighted by molar-refractivity contribution is 0.336. The minimum atomic E-state index is -0.276. The molecule has 2 rings (SSSR count). The van der Waals surface area contributed by atoms with Crippen LogP contribution in [0.25, 0.3) is 0 Å². The second-order valence-electron chi connectivity index (χ2n) is 5.44. The summed E-state index contributed by atoms with van der Waals surface area (Å²) in [7, 11) is 0. The maximum Gasteiger partial charge on any atom is 0.205 e. The SMILES string of the molecule is C=CC(C)(C)C1C(C#N)=C(N)Oc2c(C)cccc21. The van der Waals surface area contributed by atoms with Crippen molar-refractivity contribution in [3.63, 3.8) is 0 Å². The molecule has 98 valence electrons. The fourth-order valence-electron chi connectivity index (χ4n) is 2.51. The summed E-state index contributed by atoms with van der Waals surface area (Å²) < 4.78 is 5.64. The van der Waals surface area contributed by atoms with Gasteiger partial charge in [-0.3, -0.25) is 0 Å². The van der Waals surface area contributed by atoms with Gasteiger partial charge in [0.15, 0.2) is 0 Å². The van der Waals surface area contributed by atoms with Crippen LogP contribution >= 0.6 is 0 Å². The molecular formula is C16H18N2O. The quantitative estimate of drug-likeness (QED) is 0.823. The molecule has 2 N–H and O–H groups in total. The van der Waals surface area contributed by atoms with Crippen LogP contribution < -0.4 is 10.5 Å². The van der Waals surface area contributed by atoms with Gasteiger partial charge in [-0.1, -0.05) is 38.1 Å². The van der Waals surface area contributed by atoms with Gasteiger partial charge in [-0.05, 0) is 17.9 Å². The molecule has 0 saturated carbocycles. The third kappa shape index (κ3) is 2.00. The highest BCUT2D eigenvalue weighted by Gasteiger charge is 2.38. The molecule has 3 heteroatoms. The van der Waals surface area contributed by atoms with E-state index in [1.807, 2.05) is 45.0 Å². The Labute approximate surface area is 114 Å². The number of hydrogen-bond acceptors (Lipinski definition) is 3. The van der Waals surface area contributed by atoms with Crippen LogP contribution in [-0.4, -0.2) is 0 Å². The van der Waals surface area contributed by atoms with Gasteiger partial charge >= 0.3 is 0 Å².